The van der Waals surface area contributed by atoms with E-state index in [2.05, 4.69) is 10.3 Å². The molecule has 1 aliphatic heterocycles. The van der Waals surface area contributed by atoms with Crippen LogP contribution in [0.15, 0.2) is 42.6 Å². The van der Waals surface area contributed by atoms with Crippen molar-refractivity contribution in [2.45, 2.75) is 32.2 Å². The van der Waals surface area contributed by atoms with Crippen LogP contribution in [0.1, 0.15) is 42.6 Å². The molecular formula is C19H22N4O3. The minimum atomic E-state index is -0.964. The highest BCUT2D eigenvalue weighted by molar-refractivity contribution is 5.89. The first-order valence-electron chi connectivity index (χ1n) is 8.73. The van der Waals surface area contributed by atoms with Crippen molar-refractivity contribution in [1.82, 2.24) is 19.9 Å². The number of hydrogen-bond acceptors (Lipinski definition) is 4. The number of amides is 1. The van der Waals surface area contributed by atoms with Crippen LogP contribution in [-0.4, -0.2) is 50.0 Å². The second kappa shape index (κ2) is 7.95. The molecule has 1 N–H and O–H groups in total. The highest BCUT2D eigenvalue weighted by Gasteiger charge is 2.24. The average Bonchev–Trinajstić information content (AvgIpc) is 3.16. The maximum Gasteiger partial charge on any atom is 0.335 e. The molecule has 0 atom stereocenters. The lowest BCUT2D eigenvalue weighted by Crippen LogP contribution is -2.38. The Balaban J connectivity index is 1.65. The third-order valence-electron chi connectivity index (χ3n) is 4.64. The summed E-state index contributed by atoms with van der Waals surface area (Å²) in [6.45, 7) is 3.34. The summed E-state index contributed by atoms with van der Waals surface area (Å²) in [5.41, 5.74) is 1.61. The highest BCUT2D eigenvalue weighted by Crippen LogP contribution is 2.25. The number of rotatable bonds is 5. The first kappa shape index (κ1) is 17.8. The van der Waals surface area contributed by atoms with Gasteiger partial charge in [-0.2, -0.15) is 0 Å². The maximum absolute atomic E-state index is 12.1. The lowest BCUT2D eigenvalue weighted by Gasteiger charge is -2.31. The summed E-state index contributed by atoms with van der Waals surface area (Å²) in [4.78, 5) is 25.1. The molecule has 136 valence electrons. The van der Waals surface area contributed by atoms with E-state index in [1.165, 1.54) is 0 Å². The minimum Gasteiger partial charge on any atom is -0.478 e. The standard InChI is InChI=1S/C19H22N4O3/c1-2-3-7-18(24)22-10-8-16(9-11-22)23-13-17(20-21-23)14-5-4-6-15(12-14)19(25)26/h2-6,12-13,16H,7-11H2,1H3,(H,25,26)/b3-2+. The molecule has 0 aliphatic carbocycles. The van der Waals surface area contributed by atoms with Gasteiger partial charge < -0.3 is 10.0 Å². The zero-order valence-corrected chi connectivity index (χ0v) is 14.7. The number of hydrogen-bond donors (Lipinski definition) is 1. The Bertz CT molecular complexity index is 820. The van der Waals surface area contributed by atoms with Crippen molar-refractivity contribution in [1.29, 1.82) is 0 Å². The van der Waals surface area contributed by atoms with Crippen LogP contribution < -0.4 is 0 Å². The third-order valence-corrected chi connectivity index (χ3v) is 4.64. The first-order valence-corrected chi connectivity index (χ1v) is 8.73. The second-order valence-electron chi connectivity index (χ2n) is 6.35. The van der Waals surface area contributed by atoms with Crippen molar-refractivity contribution >= 4 is 11.9 Å². The molecule has 2 heterocycles. The van der Waals surface area contributed by atoms with Crippen LogP contribution in [0.2, 0.25) is 0 Å². The molecule has 0 spiro atoms. The molecule has 0 bridgehead atoms. The molecule has 7 nitrogen and oxygen atoms in total. The van der Waals surface area contributed by atoms with E-state index in [1.54, 1.807) is 18.2 Å². The van der Waals surface area contributed by atoms with Gasteiger partial charge in [-0.1, -0.05) is 29.5 Å². The SMILES string of the molecule is C/C=C/CC(=O)N1CCC(n2cc(-c3cccc(C(=O)O)c3)nn2)CC1. The fraction of sp³-hybridized carbons (Fsp3) is 0.368. The van der Waals surface area contributed by atoms with Gasteiger partial charge >= 0.3 is 5.97 Å². The number of benzene rings is 1. The van der Waals surface area contributed by atoms with Gasteiger partial charge in [-0.15, -0.1) is 5.10 Å². The lowest BCUT2D eigenvalue weighted by atomic mass is 10.0. The molecule has 1 saturated heterocycles. The second-order valence-corrected chi connectivity index (χ2v) is 6.35. The van der Waals surface area contributed by atoms with Gasteiger partial charge in [0.25, 0.3) is 0 Å². The Morgan fingerprint density at radius 3 is 2.77 bits per heavy atom. The molecule has 7 heteroatoms. The molecular weight excluding hydrogens is 332 g/mol. The van der Waals surface area contributed by atoms with Crippen molar-refractivity contribution in [2.24, 2.45) is 0 Å². The Kier molecular flexibility index (Phi) is 5.46. The van der Waals surface area contributed by atoms with Gasteiger partial charge in [-0.3, -0.25) is 4.79 Å². The molecule has 1 amide bonds. The van der Waals surface area contributed by atoms with Crippen molar-refractivity contribution in [2.75, 3.05) is 13.1 Å². The summed E-state index contributed by atoms with van der Waals surface area (Å²) >= 11 is 0. The summed E-state index contributed by atoms with van der Waals surface area (Å²) in [6.07, 6.45) is 7.74. The van der Waals surface area contributed by atoms with Crippen LogP contribution in [0.25, 0.3) is 11.3 Å². The molecule has 1 aromatic carbocycles. The maximum atomic E-state index is 12.1. The van der Waals surface area contributed by atoms with E-state index >= 15 is 0 Å². The molecule has 3 rings (SSSR count). The van der Waals surface area contributed by atoms with Crippen LogP contribution in [0.5, 0.6) is 0 Å². The highest BCUT2D eigenvalue weighted by atomic mass is 16.4. The normalized spacial score (nSPS) is 15.5. The van der Waals surface area contributed by atoms with E-state index in [0.717, 1.165) is 18.4 Å². The van der Waals surface area contributed by atoms with Crippen LogP contribution in [-0.2, 0) is 4.79 Å². The number of carbonyl (C=O) groups is 2. The van der Waals surface area contributed by atoms with E-state index in [4.69, 9.17) is 5.11 Å². The zero-order chi connectivity index (χ0) is 18.5. The smallest absolute Gasteiger partial charge is 0.335 e. The zero-order valence-electron chi connectivity index (χ0n) is 14.7. The predicted octanol–water partition coefficient (Wildman–Crippen LogP) is 2.77. The molecule has 0 saturated carbocycles. The molecule has 0 unspecified atom stereocenters. The molecule has 1 fully saturated rings. The number of carboxylic acid groups (broad SMARTS) is 1. The van der Waals surface area contributed by atoms with Crippen LogP contribution in [0.3, 0.4) is 0 Å². The quantitative estimate of drug-likeness (QED) is 0.834. The molecule has 2 aromatic rings. The number of nitrogens with zero attached hydrogens (tertiary/aromatic N) is 4. The van der Waals surface area contributed by atoms with E-state index < -0.39 is 5.97 Å². The first-order chi connectivity index (χ1) is 12.6. The number of allylic oxidation sites excluding steroid dienone is 1. The number of aromatic carboxylic acids is 1. The van der Waals surface area contributed by atoms with Gasteiger partial charge in [-0.05, 0) is 31.9 Å². The van der Waals surface area contributed by atoms with Crippen molar-refractivity contribution < 1.29 is 14.7 Å². The lowest BCUT2D eigenvalue weighted by molar-refractivity contribution is -0.131. The van der Waals surface area contributed by atoms with Gasteiger partial charge in [0.1, 0.15) is 5.69 Å². The Hall–Kier alpha value is -2.96. The van der Waals surface area contributed by atoms with Gasteiger partial charge in [0, 0.05) is 25.1 Å². The van der Waals surface area contributed by atoms with Crippen LogP contribution in [0, 0.1) is 0 Å². The van der Waals surface area contributed by atoms with E-state index in [9.17, 15) is 9.59 Å². The van der Waals surface area contributed by atoms with Crippen molar-refractivity contribution in [3.63, 3.8) is 0 Å². The molecule has 1 aliphatic rings. The monoisotopic (exact) mass is 354 g/mol. The van der Waals surface area contributed by atoms with Crippen LogP contribution >= 0.6 is 0 Å². The minimum absolute atomic E-state index is 0.159. The molecule has 1 aromatic heterocycles. The Morgan fingerprint density at radius 2 is 2.08 bits per heavy atom. The van der Waals surface area contributed by atoms with Crippen LogP contribution in [0.4, 0.5) is 0 Å². The summed E-state index contributed by atoms with van der Waals surface area (Å²) in [5.74, 6) is -0.805. The van der Waals surface area contributed by atoms with Crippen molar-refractivity contribution in [3.05, 3.63) is 48.2 Å². The van der Waals surface area contributed by atoms with E-state index in [0.29, 0.717) is 25.2 Å². The summed E-state index contributed by atoms with van der Waals surface area (Å²) in [7, 11) is 0. The predicted molar refractivity (Wildman–Crippen MR) is 96.7 cm³/mol. The Labute approximate surface area is 151 Å². The summed E-state index contributed by atoms with van der Waals surface area (Å²) in [6, 6.07) is 6.87. The molecule has 26 heavy (non-hydrogen) atoms. The Morgan fingerprint density at radius 1 is 1.31 bits per heavy atom. The number of likely N-dealkylation sites (tertiary alicyclic amines) is 1. The fourth-order valence-corrected chi connectivity index (χ4v) is 3.13. The van der Waals surface area contributed by atoms with E-state index in [-0.39, 0.29) is 17.5 Å². The fourth-order valence-electron chi connectivity index (χ4n) is 3.13. The summed E-state index contributed by atoms with van der Waals surface area (Å²) in [5, 5.41) is 17.5. The van der Waals surface area contributed by atoms with Gasteiger partial charge in [0.15, 0.2) is 0 Å². The van der Waals surface area contributed by atoms with Gasteiger partial charge in [0.05, 0.1) is 17.8 Å². The third kappa shape index (κ3) is 3.99. The van der Waals surface area contributed by atoms with Gasteiger partial charge in [0.2, 0.25) is 5.91 Å². The number of aromatic nitrogens is 3. The van der Waals surface area contributed by atoms with Crippen molar-refractivity contribution in [3.8, 4) is 11.3 Å². The molecule has 0 radical (unpaired) electrons. The average molecular weight is 354 g/mol. The van der Waals surface area contributed by atoms with Gasteiger partial charge in [-0.25, -0.2) is 9.48 Å². The largest absolute Gasteiger partial charge is 0.478 e. The number of piperidine rings is 1. The number of carbonyl (C=O) groups excluding carboxylic acids is 1. The number of carboxylic acids is 1. The summed E-state index contributed by atoms with van der Waals surface area (Å²) < 4.78 is 1.83. The topological polar surface area (TPSA) is 88.3 Å². The van der Waals surface area contributed by atoms with E-state index in [1.807, 2.05) is 40.9 Å².